The molecule has 1 aliphatic heterocycles. The minimum absolute atomic E-state index is 0.0941. The summed E-state index contributed by atoms with van der Waals surface area (Å²) in [5.41, 5.74) is -0.255. The maximum absolute atomic E-state index is 12.5. The van der Waals surface area contributed by atoms with Crippen molar-refractivity contribution in [3.05, 3.63) is 63.4 Å². The standard InChI is InChI=1S/C22H21N3O8/c1-12(26)30-11-19-18(31-13(2)27)9-20(32-19)25-10-15(21(28)23-22(25)29)16-8-17(33-24-16)14-6-4-3-5-7-14/h3-8,10,18-20H,9,11H2,1-2H3,(H,23,28,29)/t18-,19+,20+/m0/s1. The van der Waals surface area contributed by atoms with E-state index in [9.17, 15) is 19.2 Å². The molecule has 2 aromatic heterocycles. The van der Waals surface area contributed by atoms with Crippen molar-refractivity contribution in [3.63, 3.8) is 0 Å². The summed E-state index contributed by atoms with van der Waals surface area (Å²) in [5.74, 6) is -0.605. The Bertz CT molecular complexity index is 1280. The van der Waals surface area contributed by atoms with Crippen molar-refractivity contribution in [1.82, 2.24) is 14.7 Å². The second-order valence-corrected chi connectivity index (χ2v) is 7.47. The molecule has 0 saturated carbocycles. The van der Waals surface area contributed by atoms with Crippen LogP contribution < -0.4 is 11.2 Å². The second kappa shape index (κ2) is 9.25. The smallest absolute Gasteiger partial charge is 0.330 e. The molecule has 0 bridgehead atoms. The average Bonchev–Trinajstić information content (AvgIpc) is 3.40. The van der Waals surface area contributed by atoms with Crippen molar-refractivity contribution in [2.24, 2.45) is 0 Å². The van der Waals surface area contributed by atoms with Gasteiger partial charge in [-0.05, 0) is 0 Å². The van der Waals surface area contributed by atoms with E-state index in [1.807, 2.05) is 30.3 Å². The summed E-state index contributed by atoms with van der Waals surface area (Å²) in [7, 11) is 0. The van der Waals surface area contributed by atoms with Crippen LogP contribution in [0.4, 0.5) is 0 Å². The largest absolute Gasteiger partial charge is 0.463 e. The fraction of sp³-hybridized carbons (Fsp3) is 0.318. The highest BCUT2D eigenvalue weighted by Gasteiger charge is 2.40. The quantitative estimate of drug-likeness (QED) is 0.549. The van der Waals surface area contributed by atoms with Crippen LogP contribution in [-0.2, 0) is 23.8 Å². The molecule has 11 heteroatoms. The lowest BCUT2D eigenvalue weighted by Gasteiger charge is -2.17. The molecule has 0 amide bonds. The molecule has 11 nitrogen and oxygen atoms in total. The van der Waals surface area contributed by atoms with E-state index in [1.165, 1.54) is 24.6 Å². The summed E-state index contributed by atoms with van der Waals surface area (Å²) >= 11 is 0. The van der Waals surface area contributed by atoms with Crippen LogP contribution in [0.15, 0.2) is 56.7 Å². The fourth-order valence-electron chi connectivity index (χ4n) is 3.58. The van der Waals surface area contributed by atoms with Gasteiger partial charge in [0, 0.05) is 38.1 Å². The summed E-state index contributed by atoms with van der Waals surface area (Å²) in [4.78, 5) is 49.9. The molecule has 0 unspecified atom stereocenters. The van der Waals surface area contributed by atoms with Gasteiger partial charge in [0.1, 0.15) is 30.7 Å². The predicted molar refractivity (Wildman–Crippen MR) is 113 cm³/mol. The Balaban J connectivity index is 1.64. The zero-order valence-corrected chi connectivity index (χ0v) is 17.8. The van der Waals surface area contributed by atoms with Gasteiger partial charge in [0.15, 0.2) is 5.76 Å². The zero-order chi connectivity index (χ0) is 23.5. The van der Waals surface area contributed by atoms with Crippen LogP contribution in [0, 0.1) is 0 Å². The van der Waals surface area contributed by atoms with E-state index in [0.29, 0.717) is 5.76 Å². The number of carbonyl (C=O) groups excluding carboxylic acids is 2. The van der Waals surface area contributed by atoms with Gasteiger partial charge in [-0.3, -0.25) is 23.9 Å². The first-order valence-corrected chi connectivity index (χ1v) is 10.2. The molecule has 3 heterocycles. The minimum atomic E-state index is -0.876. The number of H-pyrrole nitrogens is 1. The van der Waals surface area contributed by atoms with E-state index in [-0.39, 0.29) is 24.3 Å². The molecule has 172 valence electrons. The summed E-state index contributed by atoms with van der Waals surface area (Å²) < 4.78 is 22.6. The molecular formula is C22H21N3O8. The molecule has 33 heavy (non-hydrogen) atoms. The third kappa shape index (κ3) is 4.93. The maximum atomic E-state index is 12.5. The maximum Gasteiger partial charge on any atom is 0.330 e. The summed E-state index contributed by atoms with van der Waals surface area (Å²) in [5, 5.41) is 3.96. The molecule has 1 fully saturated rings. The topological polar surface area (TPSA) is 143 Å². The Morgan fingerprint density at radius 2 is 1.94 bits per heavy atom. The molecule has 0 radical (unpaired) electrons. The van der Waals surface area contributed by atoms with Gasteiger partial charge >= 0.3 is 17.6 Å². The summed E-state index contributed by atoms with van der Waals surface area (Å²) in [6.07, 6.45) is -0.964. The third-order valence-electron chi connectivity index (χ3n) is 5.07. The summed E-state index contributed by atoms with van der Waals surface area (Å²) in [6.45, 7) is 2.33. The van der Waals surface area contributed by atoms with Gasteiger partial charge in [-0.15, -0.1) is 0 Å². The number of benzene rings is 1. The van der Waals surface area contributed by atoms with Crippen LogP contribution >= 0.6 is 0 Å². The van der Waals surface area contributed by atoms with E-state index in [2.05, 4.69) is 10.1 Å². The molecule has 3 atom stereocenters. The third-order valence-corrected chi connectivity index (χ3v) is 5.07. The normalized spacial score (nSPS) is 19.9. The van der Waals surface area contributed by atoms with E-state index in [4.69, 9.17) is 18.7 Å². The minimum Gasteiger partial charge on any atom is -0.463 e. The Hall–Kier alpha value is -3.99. The van der Waals surface area contributed by atoms with Crippen LogP contribution in [0.3, 0.4) is 0 Å². The summed E-state index contributed by atoms with van der Waals surface area (Å²) in [6, 6.07) is 10.8. The van der Waals surface area contributed by atoms with Crippen molar-refractivity contribution < 1.29 is 28.3 Å². The van der Waals surface area contributed by atoms with Crippen molar-refractivity contribution >= 4 is 11.9 Å². The molecular weight excluding hydrogens is 434 g/mol. The lowest BCUT2D eigenvalue weighted by Crippen LogP contribution is -2.33. The van der Waals surface area contributed by atoms with E-state index in [1.54, 1.807) is 6.07 Å². The SMILES string of the molecule is CC(=O)OC[C@H]1O[C@@H](n2cc(-c3cc(-c4ccccc4)on3)c(=O)[nH]c2=O)C[C@@H]1OC(C)=O. The van der Waals surface area contributed by atoms with Crippen LogP contribution in [0.1, 0.15) is 26.5 Å². The first kappa shape index (κ1) is 22.2. The Morgan fingerprint density at radius 1 is 1.18 bits per heavy atom. The lowest BCUT2D eigenvalue weighted by atomic mass is 10.1. The molecule has 1 N–H and O–H groups in total. The molecule has 3 aromatic rings. The highest BCUT2D eigenvalue weighted by atomic mass is 16.6. The molecule has 1 aromatic carbocycles. The van der Waals surface area contributed by atoms with Gasteiger partial charge in [-0.1, -0.05) is 35.5 Å². The molecule has 0 aliphatic carbocycles. The molecule has 0 spiro atoms. The van der Waals surface area contributed by atoms with Crippen LogP contribution in [0.5, 0.6) is 0 Å². The number of hydrogen-bond acceptors (Lipinski definition) is 9. The number of nitrogens with one attached hydrogen (secondary N) is 1. The van der Waals surface area contributed by atoms with E-state index in [0.717, 1.165) is 5.56 Å². The van der Waals surface area contributed by atoms with Crippen LogP contribution in [0.2, 0.25) is 0 Å². The predicted octanol–water partition coefficient (Wildman–Crippen LogP) is 1.64. The number of esters is 2. The van der Waals surface area contributed by atoms with Crippen molar-refractivity contribution in [2.75, 3.05) is 6.61 Å². The fourth-order valence-corrected chi connectivity index (χ4v) is 3.58. The van der Waals surface area contributed by atoms with E-state index >= 15 is 0 Å². The number of hydrogen-bond donors (Lipinski definition) is 1. The first-order chi connectivity index (χ1) is 15.8. The molecule has 4 rings (SSSR count). The molecule has 1 aliphatic rings. The number of nitrogens with zero attached hydrogens (tertiary/aromatic N) is 2. The highest BCUT2D eigenvalue weighted by Crippen LogP contribution is 2.31. The van der Waals surface area contributed by atoms with Gasteiger partial charge in [-0.25, -0.2) is 4.79 Å². The molecule has 1 saturated heterocycles. The average molecular weight is 455 g/mol. The zero-order valence-electron chi connectivity index (χ0n) is 17.8. The Morgan fingerprint density at radius 3 is 2.64 bits per heavy atom. The van der Waals surface area contributed by atoms with Crippen molar-refractivity contribution in [1.29, 1.82) is 0 Å². The second-order valence-electron chi connectivity index (χ2n) is 7.47. The number of carbonyl (C=O) groups is 2. The monoisotopic (exact) mass is 455 g/mol. The number of rotatable bonds is 6. The highest BCUT2D eigenvalue weighted by molar-refractivity contribution is 5.67. The number of aromatic amines is 1. The lowest BCUT2D eigenvalue weighted by molar-refractivity contribution is -0.155. The Labute approximate surface area is 186 Å². The Kier molecular flexibility index (Phi) is 6.22. The van der Waals surface area contributed by atoms with E-state index < -0.39 is 41.6 Å². The number of ether oxygens (including phenoxy) is 3. The van der Waals surface area contributed by atoms with Crippen LogP contribution in [-0.4, -0.2) is 45.5 Å². The van der Waals surface area contributed by atoms with Gasteiger partial charge in [0.2, 0.25) is 0 Å². The van der Waals surface area contributed by atoms with Crippen molar-refractivity contribution in [3.8, 4) is 22.6 Å². The van der Waals surface area contributed by atoms with Gasteiger partial charge < -0.3 is 18.7 Å². The van der Waals surface area contributed by atoms with Gasteiger partial charge in [-0.2, -0.15) is 0 Å². The first-order valence-electron chi connectivity index (χ1n) is 10.2. The number of aromatic nitrogens is 3. The van der Waals surface area contributed by atoms with Crippen LogP contribution in [0.25, 0.3) is 22.6 Å². The van der Waals surface area contributed by atoms with Crippen molar-refractivity contribution in [2.45, 2.75) is 38.7 Å². The van der Waals surface area contributed by atoms with Gasteiger partial charge in [0.05, 0.1) is 5.56 Å². The van der Waals surface area contributed by atoms with Gasteiger partial charge in [0.25, 0.3) is 5.56 Å².